The monoisotopic (exact) mass is 305 g/mol. The zero-order chi connectivity index (χ0) is 16.2. The van der Waals surface area contributed by atoms with Crippen molar-refractivity contribution in [3.8, 4) is 5.75 Å². The number of hydrogen-bond acceptors (Lipinski definition) is 5. The molecular weight excluding hydrogens is 286 g/mol. The van der Waals surface area contributed by atoms with E-state index in [9.17, 15) is 20.0 Å². The maximum Gasteiger partial charge on any atom is 0.317 e. The minimum Gasteiger partial charge on any atom is -0.426 e. The Balaban J connectivity index is 2.06. The molecule has 0 aromatic heterocycles. The molecule has 2 atom stereocenters. The van der Waals surface area contributed by atoms with Crippen molar-refractivity contribution in [1.29, 1.82) is 0 Å². The van der Waals surface area contributed by atoms with Gasteiger partial charge in [-0.3, -0.25) is 14.9 Å². The Bertz CT molecular complexity index is 581. The van der Waals surface area contributed by atoms with Crippen molar-refractivity contribution in [2.24, 2.45) is 5.41 Å². The van der Waals surface area contributed by atoms with Crippen LogP contribution >= 0.6 is 0 Å². The zero-order valence-corrected chi connectivity index (χ0v) is 12.4. The van der Waals surface area contributed by atoms with Crippen LogP contribution in [-0.4, -0.2) is 22.1 Å². The van der Waals surface area contributed by atoms with Crippen LogP contribution in [0.4, 0.5) is 5.69 Å². The van der Waals surface area contributed by atoms with Crippen LogP contribution in [0.2, 0.25) is 0 Å². The Kier molecular flexibility index (Phi) is 4.92. The van der Waals surface area contributed by atoms with Crippen molar-refractivity contribution >= 4 is 11.7 Å². The van der Waals surface area contributed by atoms with Crippen molar-refractivity contribution in [2.45, 2.75) is 38.7 Å². The van der Waals surface area contributed by atoms with E-state index >= 15 is 0 Å². The average molecular weight is 305 g/mol. The highest BCUT2D eigenvalue weighted by Gasteiger charge is 2.35. The van der Waals surface area contributed by atoms with Crippen LogP contribution in [0.1, 0.15) is 32.6 Å². The number of carbonyl (C=O) groups excluding carboxylic acids is 1. The Morgan fingerprint density at radius 2 is 2.05 bits per heavy atom. The lowest BCUT2D eigenvalue weighted by molar-refractivity contribution is -0.384. The summed E-state index contributed by atoms with van der Waals surface area (Å²) in [5, 5.41) is 20.3. The van der Waals surface area contributed by atoms with E-state index in [1.165, 1.54) is 24.3 Å². The minimum absolute atomic E-state index is 0.0507. The molecule has 1 aliphatic carbocycles. The van der Waals surface area contributed by atoms with Crippen LogP contribution < -0.4 is 4.74 Å². The number of aliphatic hydroxyl groups excluding tert-OH is 1. The molecule has 6 heteroatoms. The van der Waals surface area contributed by atoms with Crippen LogP contribution in [0, 0.1) is 15.5 Å². The summed E-state index contributed by atoms with van der Waals surface area (Å²) in [7, 11) is 0. The predicted molar refractivity (Wildman–Crippen MR) is 80.5 cm³/mol. The maximum absolute atomic E-state index is 12.4. The number of nitrogens with zero attached hydrogens (tertiary/aromatic N) is 1. The third-order valence-electron chi connectivity index (χ3n) is 3.96. The highest BCUT2D eigenvalue weighted by Crippen LogP contribution is 2.34. The van der Waals surface area contributed by atoms with Gasteiger partial charge >= 0.3 is 5.97 Å². The molecule has 1 aliphatic rings. The first-order chi connectivity index (χ1) is 10.4. The molecule has 2 unspecified atom stereocenters. The summed E-state index contributed by atoms with van der Waals surface area (Å²) in [4.78, 5) is 22.5. The first kappa shape index (κ1) is 16.2. The van der Waals surface area contributed by atoms with Crippen LogP contribution in [-0.2, 0) is 4.79 Å². The fourth-order valence-corrected chi connectivity index (χ4v) is 2.41. The second kappa shape index (κ2) is 6.70. The van der Waals surface area contributed by atoms with Gasteiger partial charge in [-0.2, -0.15) is 0 Å². The molecule has 0 spiro atoms. The molecule has 2 rings (SSSR count). The van der Waals surface area contributed by atoms with Gasteiger partial charge in [-0.25, -0.2) is 0 Å². The molecule has 0 bridgehead atoms. The Morgan fingerprint density at radius 3 is 2.68 bits per heavy atom. The van der Waals surface area contributed by atoms with Gasteiger partial charge in [-0.1, -0.05) is 12.2 Å². The summed E-state index contributed by atoms with van der Waals surface area (Å²) < 4.78 is 5.36. The van der Waals surface area contributed by atoms with E-state index in [0.717, 1.165) is 0 Å². The molecule has 118 valence electrons. The molecule has 0 saturated carbocycles. The first-order valence-corrected chi connectivity index (χ1v) is 7.22. The van der Waals surface area contributed by atoms with Gasteiger partial charge in [0, 0.05) is 12.1 Å². The summed E-state index contributed by atoms with van der Waals surface area (Å²) in [6.45, 7) is 1.83. The quantitative estimate of drug-likeness (QED) is 0.305. The maximum atomic E-state index is 12.4. The van der Waals surface area contributed by atoms with Crippen LogP contribution in [0.5, 0.6) is 5.75 Å². The molecule has 6 nitrogen and oxygen atoms in total. The number of non-ortho nitro benzene ring substituents is 1. The predicted octanol–water partition coefficient (Wildman–Crippen LogP) is 3.00. The number of esters is 1. The van der Waals surface area contributed by atoms with Gasteiger partial charge in [0.1, 0.15) is 5.75 Å². The molecule has 22 heavy (non-hydrogen) atoms. The Hall–Kier alpha value is -2.21. The summed E-state index contributed by atoms with van der Waals surface area (Å²) >= 11 is 0. The van der Waals surface area contributed by atoms with Gasteiger partial charge < -0.3 is 9.84 Å². The smallest absolute Gasteiger partial charge is 0.317 e. The molecular formula is C16H19NO5. The Labute approximate surface area is 128 Å². The van der Waals surface area contributed by atoms with Gasteiger partial charge in [0.2, 0.25) is 0 Å². The Morgan fingerprint density at radius 1 is 1.36 bits per heavy atom. The van der Waals surface area contributed by atoms with Crippen molar-refractivity contribution in [1.82, 2.24) is 0 Å². The molecule has 0 aliphatic heterocycles. The van der Waals surface area contributed by atoms with E-state index in [4.69, 9.17) is 4.74 Å². The van der Waals surface area contributed by atoms with E-state index in [2.05, 4.69) is 0 Å². The number of benzene rings is 1. The topological polar surface area (TPSA) is 89.7 Å². The number of aliphatic hydroxyl groups is 1. The number of nitro benzene ring substituents is 1. The normalized spacial score (nSPS) is 26.5. The second-order valence-corrected chi connectivity index (χ2v) is 5.77. The molecule has 0 fully saturated rings. The lowest BCUT2D eigenvalue weighted by Crippen LogP contribution is -2.33. The number of hydrogen-bond donors (Lipinski definition) is 1. The highest BCUT2D eigenvalue weighted by molar-refractivity contribution is 5.78. The summed E-state index contributed by atoms with van der Waals surface area (Å²) in [6.07, 6.45) is 5.46. The van der Waals surface area contributed by atoms with E-state index < -0.39 is 16.4 Å². The van der Waals surface area contributed by atoms with Crippen molar-refractivity contribution in [3.63, 3.8) is 0 Å². The van der Waals surface area contributed by atoms with Crippen LogP contribution in [0.25, 0.3) is 0 Å². The van der Waals surface area contributed by atoms with Gasteiger partial charge in [-0.05, 0) is 44.7 Å². The lowest BCUT2D eigenvalue weighted by atomic mass is 9.79. The van der Waals surface area contributed by atoms with Gasteiger partial charge in [-0.15, -0.1) is 0 Å². The first-order valence-electron chi connectivity index (χ1n) is 7.22. The molecule has 1 aromatic carbocycles. The van der Waals surface area contributed by atoms with Gasteiger partial charge in [0.15, 0.2) is 0 Å². The molecule has 0 radical (unpaired) electrons. The lowest BCUT2D eigenvalue weighted by Gasteiger charge is -2.28. The molecule has 0 heterocycles. The molecule has 1 aromatic rings. The van der Waals surface area contributed by atoms with Gasteiger partial charge in [0.25, 0.3) is 5.69 Å². The number of rotatable bonds is 3. The van der Waals surface area contributed by atoms with Crippen molar-refractivity contribution < 1.29 is 19.6 Å². The number of allylic oxidation sites excluding steroid dienone is 1. The fraction of sp³-hybridized carbons (Fsp3) is 0.438. The zero-order valence-electron chi connectivity index (χ0n) is 12.4. The third kappa shape index (κ3) is 3.92. The summed E-state index contributed by atoms with van der Waals surface area (Å²) in [5.41, 5.74) is -0.724. The van der Waals surface area contributed by atoms with E-state index in [0.29, 0.717) is 25.7 Å². The fourth-order valence-electron chi connectivity index (χ4n) is 2.41. The molecule has 0 saturated heterocycles. The minimum atomic E-state index is -0.673. The van der Waals surface area contributed by atoms with E-state index in [1.54, 1.807) is 6.08 Å². The summed E-state index contributed by atoms with van der Waals surface area (Å²) in [6, 6.07) is 5.43. The standard InChI is InChI=1S/C16H19NO5/c1-16(10-3-2-4-13(18)9-11-16)15(19)22-14-7-5-12(6-8-14)17(20)21/h2,4-8,13,18H,3,9-11H2,1H3/b4-2+. The largest absolute Gasteiger partial charge is 0.426 e. The van der Waals surface area contributed by atoms with Crippen molar-refractivity contribution in [3.05, 3.63) is 46.5 Å². The average Bonchev–Trinajstić information content (AvgIpc) is 2.48. The molecule has 1 N–H and O–H groups in total. The van der Waals surface area contributed by atoms with Crippen molar-refractivity contribution in [2.75, 3.05) is 0 Å². The van der Waals surface area contributed by atoms with Gasteiger partial charge in [0.05, 0.1) is 16.4 Å². The number of ether oxygens (including phenoxy) is 1. The van der Waals surface area contributed by atoms with Crippen LogP contribution in [0.3, 0.4) is 0 Å². The van der Waals surface area contributed by atoms with Crippen LogP contribution in [0.15, 0.2) is 36.4 Å². The SMILES string of the molecule is CC1(C(=O)Oc2ccc([N+](=O)[O-])cc2)CC/C=C/C(O)CC1. The number of carbonyl (C=O) groups is 1. The third-order valence-corrected chi connectivity index (χ3v) is 3.96. The van der Waals surface area contributed by atoms with E-state index in [-0.39, 0.29) is 17.4 Å². The second-order valence-electron chi connectivity index (χ2n) is 5.77. The van der Waals surface area contributed by atoms with E-state index in [1.807, 2.05) is 13.0 Å². The number of nitro groups is 1. The summed E-state index contributed by atoms with van der Waals surface area (Å²) in [5.74, 6) is -0.0844. The highest BCUT2D eigenvalue weighted by atomic mass is 16.6. The molecule has 0 amide bonds.